The van der Waals surface area contributed by atoms with Crippen molar-refractivity contribution in [3.05, 3.63) is 60.0 Å². The van der Waals surface area contributed by atoms with E-state index in [1.54, 1.807) is 43.6 Å². The van der Waals surface area contributed by atoms with Gasteiger partial charge in [-0.3, -0.25) is 9.48 Å². The SMILES string of the molecule is COc1ccc(-c2cc(C(F)(F)F)n3ncc(C(=O)Nc4ccn(C)n4)c3n2)cc1. The predicted molar refractivity (Wildman–Crippen MR) is 101 cm³/mol. The molecule has 0 aliphatic rings. The largest absolute Gasteiger partial charge is 0.497 e. The summed E-state index contributed by atoms with van der Waals surface area (Å²) in [5.74, 6) is 0.135. The van der Waals surface area contributed by atoms with Crippen LogP contribution in [0, 0.1) is 0 Å². The maximum Gasteiger partial charge on any atom is 0.433 e. The number of amides is 1. The fourth-order valence-electron chi connectivity index (χ4n) is 2.90. The van der Waals surface area contributed by atoms with Crippen LogP contribution in [0.25, 0.3) is 16.9 Å². The molecule has 1 amide bonds. The van der Waals surface area contributed by atoms with Gasteiger partial charge in [-0.15, -0.1) is 0 Å². The van der Waals surface area contributed by atoms with Crippen LogP contribution in [0.2, 0.25) is 0 Å². The highest BCUT2D eigenvalue weighted by atomic mass is 19.4. The molecule has 0 saturated heterocycles. The normalized spacial score (nSPS) is 11.6. The molecule has 154 valence electrons. The number of hydrogen-bond donors (Lipinski definition) is 1. The van der Waals surface area contributed by atoms with Crippen molar-refractivity contribution in [3.63, 3.8) is 0 Å². The summed E-state index contributed by atoms with van der Waals surface area (Å²) in [4.78, 5) is 16.9. The third-order valence-electron chi connectivity index (χ3n) is 4.35. The Hall–Kier alpha value is -3.89. The summed E-state index contributed by atoms with van der Waals surface area (Å²) in [5.41, 5.74) is -0.897. The van der Waals surface area contributed by atoms with Gasteiger partial charge in [0.05, 0.1) is 19.0 Å². The highest BCUT2D eigenvalue weighted by molar-refractivity contribution is 6.07. The topological polar surface area (TPSA) is 86.3 Å². The first kappa shape index (κ1) is 19.4. The zero-order valence-electron chi connectivity index (χ0n) is 15.8. The molecule has 3 aromatic heterocycles. The molecule has 30 heavy (non-hydrogen) atoms. The van der Waals surface area contributed by atoms with E-state index in [1.807, 2.05) is 0 Å². The molecule has 0 aliphatic heterocycles. The number of rotatable bonds is 4. The van der Waals surface area contributed by atoms with Gasteiger partial charge in [0.15, 0.2) is 17.2 Å². The first-order chi connectivity index (χ1) is 14.3. The number of aryl methyl sites for hydroxylation is 1. The van der Waals surface area contributed by atoms with Crippen LogP contribution in [0.5, 0.6) is 5.75 Å². The average Bonchev–Trinajstić information content (AvgIpc) is 3.32. The molecule has 1 N–H and O–H groups in total. The minimum atomic E-state index is -4.71. The lowest BCUT2D eigenvalue weighted by Gasteiger charge is -2.12. The number of hydrogen-bond acceptors (Lipinski definition) is 5. The molecular formula is C19H15F3N6O2. The number of aromatic nitrogens is 5. The fourth-order valence-corrected chi connectivity index (χ4v) is 2.90. The summed E-state index contributed by atoms with van der Waals surface area (Å²) < 4.78 is 48.2. The zero-order chi connectivity index (χ0) is 21.5. The number of benzene rings is 1. The van der Waals surface area contributed by atoms with E-state index in [0.29, 0.717) is 15.8 Å². The number of alkyl halides is 3. The predicted octanol–water partition coefficient (Wildman–Crippen LogP) is 3.41. The fraction of sp³-hybridized carbons (Fsp3) is 0.158. The molecular weight excluding hydrogens is 401 g/mol. The van der Waals surface area contributed by atoms with E-state index >= 15 is 0 Å². The van der Waals surface area contributed by atoms with E-state index < -0.39 is 17.8 Å². The van der Waals surface area contributed by atoms with Gasteiger partial charge in [-0.1, -0.05) is 0 Å². The van der Waals surface area contributed by atoms with Crippen LogP contribution in [0.1, 0.15) is 16.1 Å². The Kier molecular flexibility index (Phi) is 4.65. The molecule has 0 aliphatic carbocycles. The van der Waals surface area contributed by atoms with E-state index in [1.165, 1.54) is 11.8 Å². The maximum absolute atomic E-state index is 13.7. The quantitative estimate of drug-likeness (QED) is 0.551. The van der Waals surface area contributed by atoms with Crippen molar-refractivity contribution in [1.82, 2.24) is 24.4 Å². The first-order valence-corrected chi connectivity index (χ1v) is 8.67. The molecule has 0 unspecified atom stereocenters. The van der Waals surface area contributed by atoms with E-state index in [0.717, 1.165) is 12.3 Å². The summed E-state index contributed by atoms with van der Waals surface area (Å²) in [5, 5.41) is 10.3. The van der Waals surface area contributed by atoms with Gasteiger partial charge >= 0.3 is 6.18 Å². The second-order valence-electron chi connectivity index (χ2n) is 6.38. The Bertz CT molecular complexity index is 1230. The van der Waals surface area contributed by atoms with Crippen LogP contribution in [0.4, 0.5) is 19.0 Å². The number of carbonyl (C=O) groups excluding carboxylic acids is 1. The maximum atomic E-state index is 13.7. The third kappa shape index (κ3) is 3.56. The smallest absolute Gasteiger partial charge is 0.433 e. The molecule has 8 nitrogen and oxygen atoms in total. The summed E-state index contributed by atoms with van der Waals surface area (Å²) in [6.07, 6.45) is -2.04. The summed E-state index contributed by atoms with van der Waals surface area (Å²) in [7, 11) is 3.16. The molecule has 0 fully saturated rings. The number of nitrogens with one attached hydrogen (secondary N) is 1. The molecule has 4 rings (SSSR count). The minimum absolute atomic E-state index is 0.0462. The number of ether oxygens (including phenoxy) is 1. The Morgan fingerprint density at radius 2 is 1.90 bits per heavy atom. The molecule has 0 spiro atoms. The Morgan fingerprint density at radius 1 is 1.17 bits per heavy atom. The van der Waals surface area contributed by atoms with Crippen molar-refractivity contribution >= 4 is 17.4 Å². The van der Waals surface area contributed by atoms with Crippen molar-refractivity contribution in [1.29, 1.82) is 0 Å². The van der Waals surface area contributed by atoms with Crippen molar-refractivity contribution in [2.75, 3.05) is 12.4 Å². The zero-order valence-corrected chi connectivity index (χ0v) is 15.8. The number of fused-ring (bicyclic) bond motifs is 1. The lowest BCUT2D eigenvalue weighted by atomic mass is 10.1. The van der Waals surface area contributed by atoms with E-state index in [9.17, 15) is 18.0 Å². The van der Waals surface area contributed by atoms with Crippen molar-refractivity contribution < 1.29 is 22.7 Å². The summed E-state index contributed by atoms with van der Waals surface area (Å²) in [6, 6.07) is 8.84. The van der Waals surface area contributed by atoms with Gasteiger partial charge in [0, 0.05) is 24.9 Å². The van der Waals surface area contributed by atoms with E-state index in [-0.39, 0.29) is 22.7 Å². The highest BCUT2D eigenvalue weighted by Crippen LogP contribution is 2.33. The second-order valence-corrected chi connectivity index (χ2v) is 6.38. The van der Waals surface area contributed by atoms with Gasteiger partial charge in [-0.2, -0.15) is 23.4 Å². The molecule has 0 atom stereocenters. The van der Waals surface area contributed by atoms with Crippen LogP contribution in [-0.4, -0.2) is 37.4 Å². The average molecular weight is 416 g/mol. The summed E-state index contributed by atoms with van der Waals surface area (Å²) in [6.45, 7) is 0. The number of methoxy groups -OCH3 is 1. The lowest BCUT2D eigenvalue weighted by molar-refractivity contribution is -0.142. The van der Waals surface area contributed by atoms with Crippen LogP contribution in [0.3, 0.4) is 0 Å². The molecule has 0 radical (unpaired) electrons. The molecule has 0 bridgehead atoms. The molecule has 1 aromatic carbocycles. The molecule has 3 heterocycles. The van der Waals surface area contributed by atoms with Crippen molar-refractivity contribution in [3.8, 4) is 17.0 Å². The van der Waals surface area contributed by atoms with Gasteiger partial charge in [-0.25, -0.2) is 9.50 Å². The third-order valence-corrected chi connectivity index (χ3v) is 4.35. The van der Waals surface area contributed by atoms with Crippen molar-refractivity contribution in [2.24, 2.45) is 7.05 Å². The van der Waals surface area contributed by atoms with Gasteiger partial charge < -0.3 is 10.1 Å². The highest BCUT2D eigenvalue weighted by Gasteiger charge is 2.36. The van der Waals surface area contributed by atoms with Gasteiger partial charge in [-0.05, 0) is 30.3 Å². The van der Waals surface area contributed by atoms with E-state index in [4.69, 9.17) is 4.74 Å². The van der Waals surface area contributed by atoms with Crippen LogP contribution in [0.15, 0.2) is 48.8 Å². The second kappa shape index (κ2) is 7.17. The Labute approximate surface area is 167 Å². The van der Waals surface area contributed by atoms with E-state index in [2.05, 4.69) is 20.5 Å². The lowest BCUT2D eigenvalue weighted by Crippen LogP contribution is -2.16. The molecule has 0 saturated carbocycles. The number of halogens is 3. The van der Waals surface area contributed by atoms with Gasteiger partial charge in [0.1, 0.15) is 11.3 Å². The molecule has 4 aromatic rings. The van der Waals surface area contributed by atoms with Crippen LogP contribution < -0.4 is 10.1 Å². The van der Waals surface area contributed by atoms with Crippen LogP contribution >= 0.6 is 0 Å². The minimum Gasteiger partial charge on any atom is -0.497 e. The van der Waals surface area contributed by atoms with Gasteiger partial charge in [0.2, 0.25) is 0 Å². The standard InChI is InChI=1S/C19H15F3N6O2/c1-27-8-7-16(26-27)25-18(29)13-10-23-28-15(19(20,21)22)9-14(24-17(13)28)11-3-5-12(30-2)6-4-11/h3-10H,1-2H3,(H,25,26,29). The summed E-state index contributed by atoms with van der Waals surface area (Å²) >= 11 is 0. The van der Waals surface area contributed by atoms with Crippen molar-refractivity contribution in [2.45, 2.75) is 6.18 Å². The number of carbonyl (C=O) groups is 1. The number of anilines is 1. The Balaban J connectivity index is 1.83. The first-order valence-electron chi connectivity index (χ1n) is 8.67. The van der Waals surface area contributed by atoms with Crippen LogP contribution in [-0.2, 0) is 13.2 Å². The monoisotopic (exact) mass is 416 g/mol. The van der Waals surface area contributed by atoms with Gasteiger partial charge in [0.25, 0.3) is 5.91 Å². The number of nitrogens with zero attached hydrogens (tertiary/aromatic N) is 5. The molecule has 11 heteroatoms. The Morgan fingerprint density at radius 3 is 2.50 bits per heavy atom.